The number of rotatable bonds is 7. The highest BCUT2D eigenvalue weighted by atomic mass is 16.4. The minimum Gasteiger partial charge on any atom is -0.481 e. The molecule has 0 radical (unpaired) electrons. The van der Waals surface area contributed by atoms with E-state index in [-0.39, 0.29) is 12.5 Å². The number of carboxylic acids is 1. The van der Waals surface area contributed by atoms with Crippen molar-refractivity contribution in [3.05, 3.63) is 0 Å². The van der Waals surface area contributed by atoms with Gasteiger partial charge in [-0.25, -0.2) is 4.79 Å². The number of carbonyl (C=O) groups excluding carboxylic acids is 2. The van der Waals surface area contributed by atoms with Gasteiger partial charge in [-0.15, -0.1) is 0 Å². The van der Waals surface area contributed by atoms with E-state index in [4.69, 9.17) is 10.8 Å². The molecule has 7 nitrogen and oxygen atoms in total. The molecule has 0 aromatic carbocycles. The number of amides is 3. The van der Waals surface area contributed by atoms with Crippen LogP contribution in [0.5, 0.6) is 0 Å². The van der Waals surface area contributed by atoms with Gasteiger partial charge in [0.05, 0.1) is 5.41 Å². The van der Waals surface area contributed by atoms with E-state index in [1.807, 2.05) is 0 Å². The second kappa shape index (κ2) is 6.96. The highest BCUT2D eigenvalue weighted by molar-refractivity contribution is 5.87. The number of hydrogen-bond donors (Lipinski definition) is 4. The summed E-state index contributed by atoms with van der Waals surface area (Å²) in [5.74, 6) is -1.56. The number of nitrogens with two attached hydrogens (primary N) is 1. The molecule has 0 spiro atoms. The Morgan fingerprint density at radius 1 is 1.32 bits per heavy atom. The molecule has 110 valence electrons. The van der Waals surface area contributed by atoms with Gasteiger partial charge in [-0.1, -0.05) is 20.8 Å². The van der Waals surface area contributed by atoms with Gasteiger partial charge >= 0.3 is 12.0 Å². The van der Waals surface area contributed by atoms with Gasteiger partial charge in [-0.2, -0.15) is 0 Å². The van der Waals surface area contributed by atoms with E-state index in [1.165, 1.54) is 0 Å². The van der Waals surface area contributed by atoms with Crippen molar-refractivity contribution in [2.24, 2.45) is 17.1 Å². The second-order valence-electron chi connectivity index (χ2n) is 5.17. The molecule has 0 aromatic rings. The maximum absolute atomic E-state index is 11.9. The zero-order chi connectivity index (χ0) is 15.2. The van der Waals surface area contributed by atoms with Gasteiger partial charge in [0.25, 0.3) is 0 Å². The average molecular weight is 273 g/mol. The van der Waals surface area contributed by atoms with E-state index in [9.17, 15) is 14.4 Å². The molecule has 0 saturated heterocycles. The number of carboxylic acid groups (broad SMARTS) is 1. The fourth-order valence-corrected chi connectivity index (χ4v) is 1.43. The SMILES string of the molecule is CCC(C)(CNC(=O)C(NC(N)=O)C(C)C)C(=O)O. The van der Waals surface area contributed by atoms with E-state index in [0.29, 0.717) is 6.42 Å². The van der Waals surface area contributed by atoms with Crippen LogP contribution < -0.4 is 16.4 Å². The van der Waals surface area contributed by atoms with Crippen LogP contribution in [0.15, 0.2) is 0 Å². The van der Waals surface area contributed by atoms with Crippen molar-refractivity contribution in [3.63, 3.8) is 0 Å². The predicted octanol–water partition coefficient (Wildman–Crippen LogP) is 0.296. The molecule has 0 aliphatic rings. The average Bonchev–Trinajstić information content (AvgIpc) is 2.31. The molecule has 19 heavy (non-hydrogen) atoms. The molecule has 0 heterocycles. The van der Waals surface area contributed by atoms with Crippen molar-refractivity contribution in [2.75, 3.05) is 6.54 Å². The molecule has 0 aliphatic heterocycles. The largest absolute Gasteiger partial charge is 0.481 e. The van der Waals surface area contributed by atoms with Crippen LogP contribution >= 0.6 is 0 Å². The number of nitrogens with one attached hydrogen (secondary N) is 2. The summed E-state index contributed by atoms with van der Waals surface area (Å²) in [6, 6.07) is -1.56. The fourth-order valence-electron chi connectivity index (χ4n) is 1.43. The van der Waals surface area contributed by atoms with Crippen LogP contribution in [0.4, 0.5) is 4.79 Å². The lowest BCUT2D eigenvalue weighted by molar-refractivity contribution is -0.148. The summed E-state index contributed by atoms with van der Waals surface area (Å²) >= 11 is 0. The van der Waals surface area contributed by atoms with Gasteiger partial charge < -0.3 is 21.5 Å². The highest BCUT2D eigenvalue weighted by Crippen LogP contribution is 2.20. The van der Waals surface area contributed by atoms with Gasteiger partial charge in [0.15, 0.2) is 0 Å². The molecule has 7 heteroatoms. The van der Waals surface area contributed by atoms with Gasteiger partial charge in [-0.3, -0.25) is 9.59 Å². The van der Waals surface area contributed by atoms with Crippen LogP contribution in [0.25, 0.3) is 0 Å². The first kappa shape index (κ1) is 17.2. The van der Waals surface area contributed by atoms with Gasteiger partial charge in [-0.05, 0) is 19.3 Å². The molecule has 3 amide bonds. The Morgan fingerprint density at radius 3 is 2.16 bits per heavy atom. The van der Waals surface area contributed by atoms with E-state index in [1.54, 1.807) is 27.7 Å². The molecule has 0 fully saturated rings. The Bertz CT molecular complexity index is 357. The summed E-state index contributed by atoms with van der Waals surface area (Å²) in [7, 11) is 0. The van der Waals surface area contributed by atoms with Crippen LogP contribution in [-0.2, 0) is 9.59 Å². The van der Waals surface area contributed by atoms with Crippen molar-refractivity contribution in [2.45, 2.75) is 40.2 Å². The molecule has 0 aliphatic carbocycles. The zero-order valence-corrected chi connectivity index (χ0v) is 11.8. The standard InChI is InChI=1S/C12H23N3O4/c1-5-12(4,10(17)18)6-14-9(16)8(7(2)3)15-11(13)19/h7-8H,5-6H2,1-4H3,(H,14,16)(H,17,18)(H3,13,15,19). The molecule has 5 N–H and O–H groups in total. The summed E-state index contributed by atoms with van der Waals surface area (Å²) in [5, 5.41) is 14.0. The van der Waals surface area contributed by atoms with Crippen molar-refractivity contribution < 1.29 is 19.5 Å². The number of carbonyl (C=O) groups is 3. The Labute approximate surface area is 112 Å². The van der Waals surface area contributed by atoms with Crippen LogP contribution in [0.3, 0.4) is 0 Å². The molecular formula is C12H23N3O4. The first-order chi connectivity index (χ1) is 8.64. The monoisotopic (exact) mass is 273 g/mol. The predicted molar refractivity (Wildman–Crippen MR) is 70.4 cm³/mol. The topological polar surface area (TPSA) is 122 Å². The quantitative estimate of drug-likeness (QED) is 0.532. The third-order valence-electron chi connectivity index (χ3n) is 3.20. The Kier molecular flexibility index (Phi) is 6.31. The fraction of sp³-hybridized carbons (Fsp3) is 0.750. The number of aliphatic carboxylic acids is 1. The molecule has 0 aromatic heterocycles. The first-order valence-corrected chi connectivity index (χ1v) is 6.21. The lowest BCUT2D eigenvalue weighted by Crippen LogP contribution is -2.53. The van der Waals surface area contributed by atoms with Crippen LogP contribution in [0, 0.1) is 11.3 Å². The summed E-state index contributed by atoms with van der Waals surface area (Å²) in [6.45, 7) is 6.82. The number of hydrogen-bond acceptors (Lipinski definition) is 3. The second-order valence-corrected chi connectivity index (χ2v) is 5.17. The van der Waals surface area contributed by atoms with Crippen molar-refractivity contribution in [1.82, 2.24) is 10.6 Å². The molecule has 0 bridgehead atoms. The third-order valence-corrected chi connectivity index (χ3v) is 3.20. The van der Waals surface area contributed by atoms with Gasteiger partial charge in [0.1, 0.15) is 6.04 Å². The van der Waals surface area contributed by atoms with Crippen LogP contribution in [-0.4, -0.2) is 35.6 Å². The zero-order valence-electron chi connectivity index (χ0n) is 11.8. The lowest BCUT2D eigenvalue weighted by Gasteiger charge is -2.26. The van der Waals surface area contributed by atoms with E-state index >= 15 is 0 Å². The Morgan fingerprint density at radius 2 is 1.84 bits per heavy atom. The molecule has 0 saturated carbocycles. The summed E-state index contributed by atoms with van der Waals surface area (Å²) in [4.78, 5) is 33.9. The minimum absolute atomic E-state index is 0.00132. The van der Waals surface area contributed by atoms with E-state index in [2.05, 4.69) is 10.6 Å². The smallest absolute Gasteiger partial charge is 0.312 e. The molecule has 2 atom stereocenters. The molecular weight excluding hydrogens is 250 g/mol. The summed E-state index contributed by atoms with van der Waals surface area (Å²) in [5.41, 5.74) is 3.98. The summed E-state index contributed by atoms with van der Waals surface area (Å²) in [6.07, 6.45) is 0.387. The van der Waals surface area contributed by atoms with Crippen molar-refractivity contribution in [1.29, 1.82) is 0 Å². The van der Waals surface area contributed by atoms with Crippen LogP contribution in [0.2, 0.25) is 0 Å². The number of urea groups is 1. The van der Waals surface area contributed by atoms with Crippen molar-refractivity contribution >= 4 is 17.9 Å². The Balaban J connectivity index is 4.66. The van der Waals surface area contributed by atoms with E-state index in [0.717, 1.165) is 0 Å². The lowest BCUT2D eigenvalue weighted by atomic mass is 9.87. The maximum Gasteiger partial charge on any atom is 0.312 e. The highest BCUT2D eigenvalue weighted by Gasteiger charge is 2.33. The van der Waals surface area contributed by atoms with Crippen LogP contribution in [0.1, 0.15) is 34.1 Å². The maximum atomic E-state index is 11.9. The number of primary amides is 1. The van der Waals surface area contributed by atoms with Gasteiger partial charge in [0.2, 0.25) is 5.91 Å². The van der Waals surface area contributed by atoms with Gasteiger partial charge in [0, 0.05) is 6.54 Å². The van der Waals surface area contributed by atoms with Crippen molar-refractivity contribution in [3.8, 4) is 0 Å². The Hall–Kier alpha value is -1.79. The summed E-state index contributed by atoms with van der Waals surface area (Å²) < 4.78 is 0. The third kappa shape index (κ3) is 5.15. The first-order valence-electron chi connectivity index (χ1n) is 6.21. The molecule has 0 rings (SSSR count). The molecule has 2 unspecified atom stereocenters. The van der Waals surface area contributed by atoms with E-state index < -0.39 is 29.4 Å². The normalized spacial score (nSPS) is 15.4. The minimum atomic E-state index is -1.02.